The zero-order valence-electron chi connectivity index (χ0n) is 26.9. The van der Waals surface area contributed by atoms with Gasteiger partial charge in [-0.1, -0.05) is 41.9 Å². The van der Waals surface area contributed by atoms with Crippen molar-refractivity contribution in [3.8, 4) is 0 Å². The van der Waals surface area contributed by atoms with Crippen molar-refractivity contribution in [1.82, 2.24) is 4.31 Å². The first-order chi connectivity index (χ1) is 24.1. The van der Waals surface area contributed by atoms with E-state index in [-0.39, 0.29) is 32.7 Å². The SMILES string of the molecule is Cc1cc(C(O)O)ccc1N(Cc1cc(C2CC2)cc(C2CC2)c1)C(=O)CN(Cc1ccc(F)cc1Cl)S(=O)(=O)c1c(F)c(F)c(F)c(F)c1F. The molecule has 0 radical (unpaired) electrons. The average Bonchev–Trinajstić information content (AvgIpc) is 4.00. The summed E-state index contributed by atoms with van der Waals surface area (Å²) in [5.41, 5.74) is 3.38. The molecule has 1 amide bonds. The van der Waals surface area contributed by atoms with Crippen LogP contribution in [0.5, 0.6) is 0 Å². The first-order valence-electron chi connectivity index (χ1n) is 15.9. The Kier molecular flexibility index (Phi) is 10.3. The van der Waals surface area contributed by atoms with Crippen molar-refractivity contribution in [3.05, 3.63) is 128 Å². The minimum Gasteiger partial charge on any atom is -0.364 e. The number of aliphatic hydroxyl groups excluding tert-OH is 1. The third kappa shape index (κ3) is 7.65. The smallest absolute Gasteiger partial charge is 0.249 e. The van der Waals surface area contributed by atoms with Crippen molar-refractivity contribution < 1.29 is 49.8 Å². The molecule has 0 aromatic heterocycles. The Bertz CT molecular complexity index is 2080. The third-order valence-electron chi connectivity index (χ3n) is 9.03. The maximum absolute atomic E-state index is 15.0. The largest absolute Gasteiger partial charge is 0.364 e. The normalized spacial score (nSPS) is 14.8. The number of carbonyl (C=O) groups is 1. The Balaban J connectivity index is 1.45. The van der Waals surface area contributed by atoms with Gasteiger partial charge in [0, 0.05) is 22.8 Å². The zero-order valence-corrected chi connectivity index (χ0v) is 28.5. The number of carbonyl (C=O) groups excluding carboxylic acids is 1. The molecule has 0 aliphatic heterocycles. The van der Waals surface area contributed by atoms with Crippen molar-refractivity contribution in [2.24, 2.45) is 0 Å². The van der Waals surface area contributed by atoms with E-state index in [2.05, 4.69) is 6.07 Å². The maximum atomic E-state index is 15.0. The van der Waals surface area contributed by atoms with Crippen LogP contribution in [0, 0.1) is 41.8 Å². The molecule has 0 unspecified atom stereocenters. The van der Waals surface area contributed by atoms with Gasteiger partial charge in [-0.2, -0.15) is 4.31 Å². The van der Waals surface area contributed by atoms with Crippen molar-refractivity contribution in [3.63, 3.8) is 0 Å². The van der Waals surface area contributed by atoms with Gasteiger partial charge in [-0.05, 0) is 96.5 Å². The molecule has 4 aromatic carbocycles. The third-order valence-corrected chi connectivity index (χ3v) is 11.2. The maximum Gasteiger partial charge on any atom is 0.249 e. The fourth-order valence-corrected chi connectivity index (χ4v) is 7.72. The molecule has 0 bridgehead atoms. The zero-order chi connectivity index (χ0) is 36.9. The first-order valence-corrected chi connectivity index (χ1v) is 17.7. The Hall–Kier alpha value is -3.95. The van der Waals surface area contributed by atoms with Gasteiger partial charge in [-0.25, -0.2) is 34.8 Å². The summed E-state index contributed by atoms with van der Waals surface area (Å²) < 4.78 is 114. The molecule has 6 rings (SSSR count). The van der Waals surface area contributed by atoms with Gasteiger partial charge < -0.3 is 15.1 Å². The number of amides is 1. The Morgan fingerprint density at radius 1 is 0.804 bits per heavy atom. The molecule has 0 spiro atoms. The molecule has 270 valence electrons. The summed E-state index contributed by atoms with van der Waals surface area (Å²) in [7, 11) is -5.71. The lowest BCUT2D eigenvalue weighted by Gasteiger charge is -2.29. The summed E-state index contributed by atoms with van der Waals surface area (Å²) in [6, 6.07) is 12.9. The fraction of sp³-hybridized carbons (Fsp3) is 0.306. The second-order valence-electron chi connectivity index (χ2n) is 12.9. The van der Waals surface area contributed by atoms with E-state index in [4.69, 9.17) is 11.6 Å². The van der Waals surface area contributed by atoms with E-state index in [9.17, 15) is 41.0 Å². The molecule has 4 aromatic rings. The minimum absolute atomic E-state index is 0.0943. The van der Waals surface area contributed by atoms with Crippen LogP contribution in [0.4, 0.5) is 32.0 Å². The van der Waals surface area contributed by atoms with Gasteiger partial charge in [0.2, 0.25) is 21.7 Å². The van der Waals surface area contributed by atoms with Crippen LogP contribution in [-0.2, 0) is 27.9 Å². The summed E-state index contributed by atoms with van der Waals surface area (Å²) in [4.78, 5) is 13.4. The molecule has 7 nitrogen and oxygen atoms in total. The van der Waals surface area contributed by atoms with Crippen molar-refractivity contribution >= 4 is 33.2 Å². The van der Waals surface area contributed by atoms with E-state index in [1.165, 1.54) is 23.1 Å². The van der Waals surface area contributed by atoms with Gasteiger partial charge in [0.1, 0.15) is 5.82 Å². The molecular formula is C36H31ClF6N2O5S. The highest BCUT2D eigenvalue weighted by atomic mass is 35.5. The van der Waals surface area contributed by atoms with Gasteiger partial charge in [-0.15, -0.1) is 0 Å². The number of aryl methyl sites for hydroxylation is 1. The second kappa shape index (κ2) is 14.2. The van der Waals surface area contributed by atoms with Gasteiger partial charge in [0.15, 0.2) is 34.5 Å². The second-order valence-corrected chi connectivity index (χ2v) is 15.1. The summed E-state index contributed by atoms with van der Waals surface area (Å²) in [5, 5.41) is 19.1. The van der Waals surface area contributed by atoms with Crippen LogP contribution >= 0.6 is 11.6 Å². The number of nitrogens with zero attached hydrogens (tertiary/aromatic N) is 2. The monoisotopic (exact) mass is 752 g/mol. The highest BCUT2D eigenvalue weighted by Gasteiger charge is 2.39. The number of anilines is 1. The molecule has 2 N–H and O–H groups in total. The summed E-state index contributed by atoms with van der Waals surface area (Å²) in [6.45, 7) is -0.691. The van der Waals surface area contributed by atoms with Gasteiger partial charge in [-0.3, -0.25) is 4.79 Å². The van der Waals surface area contributed by atoms with Crippen LogP contribution in [-0.4, -0.2) is 35.4 Å². The van der Waals surface area contributed by atoms with Crippen LogP contribution in [0.2, 0.25) is 5.02 Å². The van der Waals surface area contributed by atoms with E-state index in [0.29, 0.717) is 23.0 Å². The van der Waals surface area contributed by atoms with E-state index in [1.54, 1.807) is 6.92 Å². The molecule has 0 heterocycles. The molecule has 51 heavy (non-hydrogen) atoms. The Morgan fingerprint density at radius 2 is 1.37 bits per heavy atom. The first kappa shape index (κ1) is 36.8. The number of hydrogen-bond donors (Lipinski definition) is 2. The summed E-state index contributed by atoms with van der Waals surface area (Å²) in [5.74, 6) is -14.0. The van der Waals surface area contributed by atoms with Crippen molar-refractivity contribution in [2.75, 3.05) is 11.4 Å². The van der Waals surface area contributed by atoms with Crippen LogP contribution in [0.3, 0.4) is 0 Å². The van der Waals surface area contributed by atoms with Gasteiger partial charge in [0.25, 0.3) is 0 Å². The predicted molar refractivity (Wildman–Crippen MR) is 175 cm³/mol. The molecule has 0 saturated heterocycles. The summed E-state index contributed by atoms with van der Waals surface area (Å²) >= 11 is 6.14. The topological polar surface area (TPSA) is 98.2 Å². The lowest BCUT2D eigenvalue weighted by Crippen LogP contribution is -2.43. The predicted octanol–water partition coefficient (Wildman–Crippen LogP) is 7.65. The number of halogens is 7. The minimum atomic E-state index is -5.71. The molecule has 2 aliphatic rings. The van der Waals surface area contributed by atoms with E-state index in [0.717, 1.165) is 55.0 Å². The van der Waals surface area contributed by atoms with E-state index < -0.39 is 75.1 Å². The quantitative estimate of drug-likeness (QED) is 0.0671. The number of benzene rings is 4. The van der Waals surface area contributed by atoms with Gasteiger partial charge in [0.05, 0.1) is 13.1 Å². The van der Waals surface area contributed by atoms with E-state index in [1.807, 2.05) is 12.1 Å². The van der Waals surface area contributed by atoms with Crippen LogP contribution < -0.4 is 4.90 Å². The van der Waals surface area contributed by atoms with Crippen molar-refractivity contribution in [1.29, 1.82) is 0 Å². The highest BCUT2D eigenvalue weighted by molar-refractivity contribution is 7.89. The van der Waals surface area contributed by atoms with Crippen LogP contribution in [0.15, 0.2) is 59.5 Å². The van der Waals surface area contributed by atoms with Crippen molar-refractivity contribution in [2.45, 2.75) is 68.7 Å². The van der Waals surface area contributed by atoms with Crippen LogP contribution in [0.25, 0.3) is 0 Å². The Morgan fingerprint density at radius 3 is 1.88 bits per heavy atom. The highest BCUT2D eigenvalue weighted by Crippen LogP contribution is 2.45. The molecule has 2 aliphatic carbocycles. The number of aliphatic hydroxyl groups is 2. The van der Waals surface area contributed by atoms with Gasteiger partial charge >= 0.3 is 0 Å². The molecule has 2 fully saturated rings. The fourth-order valence-electron chi connectivity index (χ4n) is 6.02. The molecular weight excluding hydrogens is 722 g/mol. The molecule has 15 heteroatoms. The molecule has 0 atom stereocenters. The Labute approximate surface area is 294 Å². The lowest BCUT2D eigenvalue weighted by molar-refractivity contribution is -0.119. The number of rotatable bonds is 12. The number of hydrogen-bond acceptors (Lipinski definition) is 5. The van der Waals surface area contributed by atoms with Crippen LogP contribution in [0.1, 0.15) is 77.2 Å². The lowest BCUT2D eigenvalue weighted by atomic mass is 9.99. The van der Waals surface area contributed by atoms with E-state index >= 15 is 8.78 Å². The number of sulfonamides is 1. The average molecular weight is 753 g/mol. The molecule has 2 saturated carbocycles. The standard InChI is InChI=1S/C36H31ClF6N2O5S/c1-18-10-22(36(47)48)7-9-28(18)45(15-19-11-24(20-2-3-20)13-25(12-19)21-4-5-21)29(46)17-44(16-23-6-8-26(38)14-27(23)37)51(49,50)35-33(42)31(40)30(39)32(41)34(35)43/h6-14,20-21,36,47-48H,2-5,15-17H2,1H3. The summed E-state index contributed by atoms with van der Waals surface area (Å²) in [6.07, 6.45) is 2.14.